The van der Waals surface area contributed by atoms with Gasteiger partial charge in [-0.05, 0) is 24.5 Å². The van der Waals surface area contributed by atoms with Crippen LogP contribution in [0.2, 0.25) is 0 Å². The number of pyridine rings is 1. The molecule has 0 radical (unpaired) electrons. The number of anilines is 1. The minimum absolute atomic E-state index is 0.348. The summed E-state index contributed by atoms with van der Waals surface area (Å²) in [7, 11) is 0. The van der Waals surface area contributed by atoms with Gasteiger partial charge in [0.15, 0.2) is 0 Å². The number of rotatable bonds is 5. The predicted octanol–water partition coefficient (Wildman–Crippen LogP) is 2.65. The Hall–Kier alpha value is -1.55. The van der Waals surface area contributed by atoms with Crippen molar-refractivity contribution in [1.29, 1.82) is 0 Å². The molecule has 92 valence electrons. The molecule has 0 spiro atoms. The van der Waals surface area contributed by atoms with Gasteiger partial charge in [-0.1, -0.05) is 13.8 Å². The van der Waals surface area contributed by atoms with E-state index in [2.05, 4.69) is 24.1 Å². The Labute approximate surface area is 101 Å². The number of hydrogen-bond acceptors (Lipinski definition) is 4. The van der Waals surface area contributed by atoms with Crippen LogP contribution < -0.4 is 5.32 Å². The highest BCUT2D eigenvalue weighted by Crippen LogP contribution is 2.21. The van der Waals surface area contributed by atoms with E-state index in [0.29, 0.717) is 12.5 Å². The molecule has 4 heteroatoms. The smallest absolute Gasteiger partial charge is 0.139 e. The Kier molecular flexibility index (Phi) is 3.64. The highest BCUT2D eigenvalue weighted by atomic mass is 16.3. The number of nitrogens with one attached hydrogen (secondary N) is 1. The summed E-state index contributed by atoms with van der Waals surface area (Å²) in [6, 6.07) is 3.70. The summed E-state index contributed by atoms with van der Waals surface area (Å²) in [4.78, 5) is 4.25. The van der Waals surface area contributed by atoms with Crippen LogP contribution in [0.5, 0.6) is 0 Å². The minimum atomic E-state index is -0.348. The largest absolute Gasteiger partial charge is 0.464 e. The number of aromatic nitrogens is 1. The van der Waals surface area contributed by atoms with Crippen molar-refractivity contribution in [3.05, 3.63) is 24.6 Å². The van der Waals surface area contributed by atoms with E-state index in [1.54, 1.807) is 12.5 Å². The van der Waals surface area contributed by atoms with Crippen molar-refractivity contribution >= 4 is 16.8 Å². The van der Waals surface area contributed by atoms with Crippen molar-refractivity contribution in [3.63, 3.8) is 0 Å². The second kappa shape index (κ2) is 5.19. The van der Waals surface area contributed by atoms with Gasteiger partial charge >= 0.3 is 0 Å². The van der Waals surface area contributed by atoms with Crippen LogP contribution in [0.15, 0.2) is 29.0 Å². The first kappa shape index (κ1) is 11.9. The maximum Gasteiger partial charge on any atom is 0.139 e. The quantitative estimate of drug-likeness (QED) is 0.835. The van der Waals surface area contributed by atoms with Gasteiger partial charge in [-0.2, -0.15) is 0 Å². The Morgan fingerprint density at radius 3 is 3.00 bits per heavy atom. The second-order valence-corrected chi connectivity index (χ2v) is 4.66. The molecule has 1 unspecified atom stereocenters. The molecule has 0 saturated heterocycles. The standard InChI is InChI=1S/C13H18N2O2/c1-9(2)7-10(16)8-15-13-11-4-6-17-12(11)3-5-14-13/h3-6,9-10,16H,7-8H2,1-2H3,(H,14,15). The molecule has 0 aliphatic rings. The van der Waals surface area contributed by atoms with Gasteiger partial charge in [0.05, 0.1) is 17.8 Å². The fourth-order valence-corrected chi connectivity index (χ4v) is 1.88. The van der Waals surface area contributed by atoms with Crippen molar-refractivity contribution in [3.8, 4) is 0 Å². The molecule has 0 bridgehead atoms. The summed E-state index contributed by atoms with van der Waals surface area (Å²) in [6.45, 7) is 4.70. The van der Waals surface area contributed by atoms with Crippen molar-refractivity contribution in [2.45, 2.75) is 26.4 Å². The first-order valence-corrected chi connectivity index (χ1v) is 5.91. The van der Waals surface area contributed by atoms with Gasteiger partial charge < -0.3 is 14.8 Å². The second-order valence-electron chi connectivity index (χ2n) is 4.66. The fourth-order valence-electron chi connectivity index (χ4n) is 1.88. The molecule has 2 aromatic heterocycles. The van der Waals surface area contributed by atoms with Crippen LogP contribution >= 0.6 is 0 Å². The van der Waals surface area contributed by atoms with Crippen LogP contribution in [0, 0.1) is 5.92 Å². The van der Waals surface area contributed by atoms with Gasteiger partial charge in [0.25, 0.3) is 0 Å². The van der Waals surface area contributed by atoms with Gasteiger partial charge in [-0.3, -0.25) is 0 Å². The lowest BCUT2D eigenvalue weighted by molar-refractivity contribution is 0.161. The first-order chi connectivity index (χ1) is 8.16. The van der Waals surface area contributed by atoms with Crippen molar-refractivity contribution in [2.24, 2.45) is 5.92 Å². The summed E-state index contributed by atoms with van der Waals surface area (Å²) in [5, 5.41) is 13.9. The Bertz CT molecular complexity index is 479. The van der Waals surface area contributed by atoms with E-state index in [0.717, 1.165) is 23.2 Å². The molecule has 0 aromatic carbocycles. The van der Waals surface area contributed by atoms with Crippen LogP contribution in [0.25, 0.3) is 11.0 Å². The number of aliphatic hydroxyl groups excluding tert-OH is 1. The number of hydrogen-bond donors (Lipinski definition) is 2. The summed E-state index contributed by atoms with van der Waals surface area (Å²) < 4.78 is 5.29. The molecule has 2 N–H and O–H groups in total. The molecule has 2 aromatic rings. The fraction of sp³-hybridized carbons (Fsp3) is 0.462. The first-order valence-electron chi connectivity index (χ1n) is 5.91. The third-order valence-corrected chi connectivity index (χ3v) is 2.63. The van der Waals surface area contributed by atoms with E-state index in [-0.39, 0.29) is 6.10 Å². The SMILES string of the molecule is CC(C)CC(O)CNc1nccc2occc12. The Balaban J connectivity index is 2.01. The monoisotopic (exact) mass is 234 g/mol. The maximum absolute atomic E-state index is 9.79. The zero-order valence-corrected chi connectivity index (χ0v) is 10.2. The molecule has 0 aliphatic heterocycles. The number of aliphatic hydroxyl groups is 1. The number of furan rings is 1. The van der Waals surface area contributed by atoms with Gasteiger partial charge in [-0.15, -0.1) is 0 Å². The lowest BCUT2D eigenvalue weighted by Crippen LogP contribution is -2.21. The van der Waals surface area contributed by atoms with E-state index in [9.17, 15) is 5.11 Å². The lowest BCUT2D eigenvalue weighted by atomic mass is 10.1. The normalized spacial score (nSPS) is 13.2. The molecule has 17 heavy (non-hydrogen) atoms. The van der Waals surface area contributed by atoms with Crippen LogP contribution in [0.1, 0.15) is 20.3 Å². The zero-order chi connectivity index (χ0) is 12.3. The molecular weight excluding hydrogens is 216 g/mol. The van der Waals surface area contributed by atoms with E-state index in [1.165, 1.54) is 0 Å². The van der Waals surface area contributed by atoms with Gasteiger partial charge in [-0.25, -0.2) is 4.98 Å². The minimum Gasteiger partial charge on any atom is -0.464 e. The van der Waals surface area contributed by atoms with Gasteiger partial charge in [0.1, 0.15) is 11.4 Å². The molecule has 1 atom stereocenters. The van der Waals surface area contributed by atoms with Crippen LogP contribution in [0.3, 0.4) is 0 Å². The molecule has 0 fully saturated rings. The van der Waals surface area contributed by atoms with Crippen LogP contribution in [-0.2, 0) is 0 Å². The molecule has 0 saturated carbocycles. The van der Waals surface area contributed by atoms with Crippen molar-refractivity contribution in [1.82, 2.24) is 4.98 Å². The van der Waals surface area contributed by atoms with Gasteiger partial charge in [0, 0.05) is 12.7 Å². The molecule has 2 heterocycles. The predicted molar refractivity (Wildman–Crippen MR) is 68.0 cm³/mol. The summed E-state index contributed by atoms with van der Waals surface area (Å²) >= 11 is 0. The highest BCUT2D eigenvalue weighted by molar-refractivity contribution is 5.87. The Morgan fingerprint density at radius 2 is 2.24 bits per heavy atom. The molecule has 2 rings (SSSR count). The van der Waals surface area contributed by atoms with E-state index in [4.69, 9.17) is 4.42 Å². The molecule has 4 nitrogen and oxygen atoms in total. The molecular formula is C13H18N2O2. The molecule has 0 amide bonds. The Morgan fingerprint density at radius 1 is 1.41 bits per heavy atom. The van der Waals surface area contributed by atoms with Crippen molar-refractivity contribution in [2.75, 3.05) is 11.9 Å². The number of nitrogens with zero attached hydrogens (tertiary/aromatic N) is 1. The average molecular weight is 234 g/mol. The summed E-state index contributed by atoms with van der Waals surface area (Å²) in [6.07, 6.45) is 3.78. The zero-order valence-electron chi connectivity index (χ0n) is 10.2. The van der Waals surface area contributed by atoms with Crippen molar-refractivity contribution < 1.29 is 9.52 Å². The van der Waals surface area contributed by atoms with Crippen LogP contribution in [-0.4, -0.2) is 22.7 Å². The summed E-state index contributed by atoms with van der Waals surface area (Å²) in [5.41, 5.74) is 0.806. The van der Waals surface area contributed by atoms with E-state index in [1.807, 2.05) is 12.1 Å². The van der Waals surface area contributed by atoms with Crippen LogP contribution in [0.4, 0.5) is 5.82 Å². The van der Waals surface area contributed by atoms with E-state index >= 15 is 0 Å². The molecule has 0 aliphatic carbocycles. The average Bonchev–Trinajstić information content (AvgIpc) is 2.73. The van der Waals surface area contributed by atoms with E-state index < -0.39 is 0 Å². The maximum atomic E-state index is 9.79. The highest BCUT2D eigenvalue weighted by Gasteiger charge is 2.09. The topological polar surface area (TPSA) is 58.3 Å². The van der Waals surface area contributed by atoms with Gasteiger partial charge in [0.2, 0.25) is 0 Å². The number of fused-ring (bicyclic) bond motifs is 1. The third kappa shape index (κ3) is 2.97. The third-order valence-electron chi connectivity index (χ3n) is 2.63. The summed E-state index contributed by atoms with van der Waals surface area (Å²) in [5.74, 6) is 1.25. The lowest BCUT2D eigenvalue weighted by Gasteiger charge is -2.14.